The monoisotopic (exact) mass is 342 g/mol. The lowest BCUT2D eigenvalue weighted by molar-refractivity contribution is -0.124. The molecule has 3 rings (SSSR count). The second-order valence-electron chi connectivity index (χ2n) is 5.24. The molecule has 24 heavy (non-hydrogen) atoms. The smallest absolute Gasteiger partial charge is 0.257 e. The van der Waals surface area contributed by atoms with E-state index in [0.29, 0.717) is 22.1 Å². The van der Waals surface area contributed by atoms with Crippen LogP contribution in [-0.2, 0) is 4.79 Å². The summed E-state index contributed by atoms with van der Waals surface area (Å²) in [6.07, 6.45) is -1.34. The van der Waals surface area contributed by atoms with Crippen LogP contribution in [0.3, 0.4) is 0 Å². The molecular formula is C17H15ClN4O2. The summed E-state index contributed by atoms with van der Waals surface area (Å²) in [4.78, 5) is 16.4. The van der Waals surface area contributed by atoms with Crippen LogP contribution in [0.5, 0.6) is 0 Å². The predicted octanol–water partition coefficient (Wildman–Crippen LogP) is 3.11. The van der Waals surface area contributed by atoms with E-state index in [-0.39, 0.29) is 0 Å². The second-order valence-corrected chi connectivity index (χ2v) is 5.64. The lowest BCUT2D eigenvalue weighted by atomic mass is 10.1. The average Bonchev–Trinajstić information content (AvgIpc) is 3.02. The Kier molecular flexibility index (Phi) is 4.59. The molecule has 1 aromatic heterocycles. The largest absolute Gasteiger partial charge is 0.378 e. The summed E-state index contributed by atoms with van der Waals surface area (Å²) in [6.45, 7) is 1.82. The van der Waals surface area contributed by atoms with E-state index in [1.807, 2.05) is 6.92 Å². The van der Waals surface area contributed by atoms with Crippen LogP contribution in [0.25, 0.3) is 11.4 Å². The van der Waals surface area contributed by atoms with E-state index in [4.69, 9.17) is 11.6 Å². The van der Waals surface area contributed by atoms with Crippen molar-refractivity contribution in [1.82, 2.24) is 15.2 Å². The van der Waals surface area contributed by atoms with Crippen LogP contribution in [-0.4, -0.2) is 26.2 Å². The number of aliphatic hydroxyl groups is 1. The van der Waals surface area contributed by atoms with Crippen molar-refractivity contribution >= 4 is 23.2 Å². The number of carbonyl (C=O) groups is 1. The first-order valence-corrected chi connectivity index (χ1v) is 7.65. The Morgan fingerprint density at radius 1 is 1.21 bits per heavy atom. The van der Waals surface area contributed by atoms with Crippen LogP contribution in [0.15, 0.2) is 48.5 Å². The third-order valence-corrected chi connectivity index (χ3v) is 3.80. The van der Waals surface area contributed by atoms with E-state index in [2.05, 4.69) is 20.5 Å². The van der Waals surface area contributed by atoms with E-state index >= 15 is 0 Å². The van der Waals surface area contributed by atoms with Crippen LogP contribution in [0, 0.1) is 6.92 Å². The van der Waals surface area contributed by atoms with Gasteiger partial charge in [-0.25, -0.2) is 4.98 Å². The van der Waals surface area contributed by atoms with Crippen LogP contribution < -0.4 is 5.32 Å². The summed E-state index contributed by atoms with van der Waals surface area (Å²) in [7, 11) is 0. The normalized spacial score (nSPS) is 12.0. The third kappa shape index (κ3) is 3.45. The number of hydrogen-bond donors (Lipinski definition) is 3. The topological polar surface area (TPSA) is 90.9 Å². The van der Waals surface area contributed by atoms with Gasteiger partial charge in [0, 0.05) is 21.8 Å². The van der Waals surface area contributed by atoms with Crippen molar-refractivity contribution in [3.8, 4) is 11.4 Å². The summed E-state index contributed by atoms with van der Waals surface area (Å²) in [5.74, 6) is 0.760. The number of amides is 1. The van der Waals surface area contributed by atoms with Crippen LogP contribution >= 0.6 is 11.6 Å². The number of benzene rings is 2. The van der Waals surface area contributed by atoms with E-state index < -0.39 is 12.0 Å². The summed E-state index contributed by atoms with van der Waals surface area (Å²) < 4.78 is 0. The Labute approximate surface area is 143 Å². The zero-order valence-electron chi connectivity index (χ0n) is 12.8. The fourth-order valence-electron chi connectivity index (χ4n) is 2.22. The summed E-state index contributed by atoms with van der Waals surface area (Å²) in [6, 6.07) is 13.7. The van der Waals surface area contributed by atoms with Crippen LogP contribution in [0.4, 0.5) is 5.69 Å². The van der Waals surface area contributed by atoms with E-state index in [1.165, 1.54) is 0 Å². The van der Waals surface area contributed by atoms with Crippen molar-refractivity contribution in [2.75, 3.05) is 5.32 Å². The number of halogens is 1. The molecule has 0 aliphatic heterocycles. The Morgan fingerprint density at radius 2 is 1.92 bits per heavy atom. The molecule has 0 spiro atoms. The Balaban J connectivity index is 1.72. The van der Waals surface area contributed by atoms with Gasteiger partial charge in [-0.15, -0.1) is 0 Å². The lowest BCUT2D eigenvalue weighted by Crippen LogP contribution is -2.21. The molecule has 3 N–H and O–H groups in total. The van der Waals surface area contributed by atoms with Crippen molar-refractivity contribution in [3.05, 3.63) is 64.9 Å². The fourth-order valence-corrected chi connectivity index (χ4v) is 2.46. The van der Waals surface area contributed by atoms with Gasteiger partial charge in [0.05, 0.1) is 0 Å². The van der Waals surface area contributed by atoms with Crippen LogP contribution in [0.1, 0.15) is 17.5 Å². The quantitative estimate of drug-likeness (QED) is 0.679. The average molecular weight is 343 g/mol. The maximum absolute atomic E-state index is 12.2. The van der Waals surface area contributed by atoms with Gasteiger partial charge in [0.25, 0.3) is 5.91 Å². The molecule has 122 valence electrons. The van der Waals surface area contributed by atoms with Gasteiger partial charge < -0.3 is 10.4 Å². The van der Waals surface area contributed by atoms with Gasteiger partial charge in [0.2, 0.25) is 0 Å². The number of nitrogens with zero attached hydrogens (tertiary/aromatic N) is 2. The van der Waals surface area contributed by atoms with Gasteiger partial charge in [-0.2, -0.15) is 5.10 Å². The number of H-pyrrole nitrogens is 1. The van der Waals surface area contributed by atoms with Crippen molar-refractivity contribution in [1.29, 1.82) is 0 Å². The molecule has 6 nitrogen and oxygen atoms in total. The molecule has 0 aliphatic carbocycles. The van der Waals surface area contributed by atoms with Crippen molar-refractivity contribution < 1.29 is 9.90 Å². The molecule has 0 unspecified atom stereocenters. The van der Waals surface area contributed by atoms with Gasteiger partial charge in [-0.05, 0) is 37.3 Å². The molecular weight excluding hydrogens is 328 g/mol. The van der Waals surface area contributed by atoms with Gasteiger partial charge >= 0.3 is 0 Å². The minimum atomic E-state index is -1.34. The second kappa shape index (κ2) is 6.82. The van der Waals surface area contributed by atoms with Crippen molar-refractivity contribution in [2.24, 2.45) is 0 Å². The first-order chi connectivity index (χ1) is 11.5. The maximum atomic E-state index is 12.2. The standard InChI is InChI=1S/C17H15ClN4O2/c1-10-19-16(22-21-10)11-6-8-12(9-7-11)20-17(24)15(23)13-4-2-3-5-14(13)18/h2-9,15,23H,1H3,(H,20,24)(H,19,21,22)/t15-/m1/s1. The predicted molar refractivity (Wildman–Crippen MR) is 91.6 cm³/mol. The number of anilines is 1. The molecule has 7 heteroatoms. The maximum Gasteiger partial charge on any atom is 0.257 e. The Hall–Kier alpha value is -2.70. The zero-order chi connectivity index (χ0) is 17.1. The van der Waals surface area contributed by atoms with Crippen molar-refractivity contribution in [3.63, 3.8) is 0 Å². The highest BCUT2D eigenvalue weighted by Crippen LogP contribution is 2.24. The molecule has 0 fully saturated rings. The summed E-state index contributed by atoms with van der Waals surface area (Å²) in [5, 5.41) is 20.0. The Bertz CT molecular complexity index is 861. The number of rotatable bonds is 4. The van der Waals surface area contributed by atoms with Gasteiger partial charge in [0.1, 0.15) is 5.82 Å². The highest BCUT2D eigenvalue weighted by atomic mass is 35.5. The summed E-state index contributed by atoms with van der Waals surface area (Å²) >= 11 is 6.00. The summed E-state index contributed by atoms with van der Waals surface area (Å²) in [5.41, 5.74) is 1.75. The number of nitrogens with one attached hydrogen (secondary N) is 2. The minimum Gasteiger partial charge on any atom is -0.378 e. The van der Waals surface area contributed by atoms with Gasteiger partial charge in [-0.3, -0.25) is 9.89 Å². The number of hydrogen-bond acceptors (Lipinski definition) is 4. The Morgan fingerprint density at radius 3 is 2.54 bits per heavy atom. The number of aliphatic hydroxyl groups excluding tert-OH is 1. The molecule has 0 saturated heterocycles. The molecule has 0 aliphatic rings. The van der Waals surface area contributed by atoms with Gasteiger partial charge in [0.15, 0.2) is 11.9 Å². The number of aromatic nitrogens is 3. The molecule has 1 amide bonds. The highest BCUT2D eigenvalue weighted by molar-refractivity contribution is 6.31. The van der Waals surface area contributed by atoms with Crippen LogP contribution in [0.2, 0.25) is 5.02 Å². The van der Waals surface area contributed by atoms with E-state index in [9.17, 15) is 9.90 Å². The SMILES string of the molecule is Cc1nc(-c2ccc(NC(=O)[C@H](O)c3ccccc3Cl)cc2)n[nH]1. The lowest BCUT2D eigenvalue weighted by Gasteiger charge is -2.13. The molecule has 3 aromatic rings. The molecule has 0 saturated carbocycles. The first-order valence-electron chi connectivity index (χ1n) is 7.27. The molecule has 1 atom stereocenters. The molecule has 1 heterocycles. The minimum absolute atomic E-state index is 0.343. The fraction of sp³-hybridized carbons (Fsp3) is 0.118. The molecule has 0 radical (unpaired) electrons. The number of carbonyl (C=O) groups excluding carboxylic acids is 1. The van der Waals surface area contributed by atoms with Crippen molar-refractivity contribution in [2.45, 2.75) is 13.0 Å². The number of aryl methyl sites for hydroxylation is 1. The molecule has 0 bridgehead atoms. The molecule has 2 aromatic carbocycles. The zero-order valence-corrected chi connectivity index (χ0v) is 13.6. The third-order valence-electron chi connectivity index (χ3n) is 3.46. The van der Waals surface area contributed by atoms with Gasteiger partial charge in [-0.1, -0.05) is 29.8 Å². The first kappa shape index (κ1) is 16.2. The highest BCUT2D eigenvalue weighted by Gasteiger charge is 2.19. The van der Waals surface area contributed by atoms with E-state index in [0.717, 1.165) is 11.4 Å². The van der Waals surface area contributed by atoms with E-state index in [1.54, 1.807) is 48.5 Å². The number of aromatic amines is 1.